The van der Waals surface area contributed by atoms with E-state index in [2.05, 4.69) is 12.2 Å². The van der Waals surface area contributed by atoms with Gasteiger partial charge < -0.3 is 9.73 Å². The largest absolute Gasteiger partial charge is 0.448 e. The molecule has 2 heterocycles. The summed E-state index contributed by atoms with van der Waals surface area (Å²) in [4.78, 5) is 30.5. The zero-order chi connectivity index (χ0) is 22.0. The highest BCUT2D eigenvalue weighted by Gasteiger charge is 2.18. The van der Waals surface area contributed by atoms with Crippen molar-refractivity contribution in [3.8, 4) is 0 Å². The van der Waals surface area contributed by atoms with Crippen molar-refractivity contribution in [2.75, 3.05) is 11.1 Å². The normalized spacial score (nSPS) is 11.3. The number of amides is 1. The summed E-state index contributed by atoms with van der Waals surface area (Å²) in [6.45, 7) is 6.60. The molecule has 0 saturated heterocycles. The van der Waals surface area contributed by atoms with Gasteiger partial charge in [-0.25, -0.2) is 4.98 Å². The molecule has 6 nitrogen and oxygen atoms in total. The SMILES string of the molecule is CCCCn1c(SCC(=O)Nc2ccc(C)cc2C)nc2c(oc3ccccc32)c1=O. The van der Waals surface area contributed by atoms with Crippen LogP contribution in [0.2, 0.25) is 0 Å². The highest BCUT2D eigenvalue weighted by molar-refractivity contribution is 7.99. The lowest BCUT2D eigenvalue weighted by Gasteiger charge is -2.12. The molecular weight excluding hydrogens is 410 g/mol. The summed E-state index contributed by atoms with van der Waals surface area (Å²) in [6, 6.07) is 13.4. The molecule has 0 aliphatic heterocycles. The van der Waals surface area contributed by atoms with E-state index in [9.17, 15) is 9.59 Å². The van der Waals surface area contributed by atoms with E-state index >= 15 is 0 Å². The van der Waals surface area contributed by atoms with Crippen LogP contribution in [0.5, 0.6) is 0 Å². The first-order valence-corrected chi connectivity index (χ1v) is 11.4. The van der Waals surface area contributed by atoms with E-state index < -0.39 is 0 Å². The van der Waals surface area contributed by atoms with Gasteiger partial charge in [-0.3, -0.25) is 14.2 Å². The van der Waals surface area contributed by atoms with Gasteiger partial charge in [-0.05, 0) is 44.0 Å². The third-order valence-electron chi connectivity index (χ3n) is 5.17. The van der Waals surface area contributed by atoms with Crippen molar-refractivity contribution in [2.45, 2.75) is 45.3 Å². The molecule has 0 fully saturated rings. The van der Waals surface area contributed by atoms with Gasteiger partial charge in [0, 0.05) is 17.6 Å². The number of aromatic nitrogens is 2. The van der Waals surface area contributed by atoms with E-state index in [1.807, 2.05) is 56.3 Å². The number of thioether (sulfide) groups is 1. The van der Waals surface area contributed by atoms with Crippen molar-refractivity contribution in [1.29, 1.82) is 0 Å². The van der Waals surface area contributed by atoms with Gasteiger partial charge in [0.2, 0.25) is 11.5 Å². The Kier molecular flexibility index (Phi) is 6.13. The second-order valence-corrected chi connectivity index (χ2v) is 8.58. The van der Waals surface area contributed by atoms with Crippen LogP contribution in [0.4, 0.5) is 5.69 Å². The Hall–Kier alpha value is -3.06. The van der Waals surface area contributed by atoms with E-state index in [0.717, 1.165) is 35.0 Å². The summed E-state index contributed by atoms with van der Waals surface area (Å²) < 4.78 is 7.43. The minimum absolute atomic E-state index is 0.134. The fraction of sp³-hybridized carbons (Fsp3) is 0.292. The highest BCUT2D eigenvalue weighted by Crippen LogP contribution is 2.27. The van der Waals surface area contributed by atoms with Crippen molar-refractivity contribution in [3.63, 3.8) is 0 Å². The van der Waals surface area contributed by atoms with Gasteiger partial charge in [-0.2, -0.15) is 0 Å². The molecule has 2 aromatic heterocycles. The third-order valence-corrected chi connectivity index (χ3v) is 6.15. The Balaban J connectivity index is 1.64. The summed E-state index contributed by atoms with van der Waals surface area (Å²) in [7, 11) is 0. The first kappa shape index (κ1) is 21.2. The molecule has 0 unspecified atom stereocenters. The number of nitrogens with one attached hydrogen (secondary N) is 1. The number of aryl methyl sites for hydroxylation is 2. The molecule has 2 aromatic carbocycles. The maximum atomic E-state index is 13.2. The van der Waals surface area contributed by atoms with Gasteiger partial charge in [0.1, 0.15) is 11.1 Å². The minimum Gasteiger partial charge on any atom is -0.448 e. The van der Waals surface area contributed by atoms with Crippen LogP contribution in [-0.2, 0) is 11.3 Å². The Labute approximate surface area is 184 Å². The van der Waals surface area contributed by atoms with E-state index in [0.29, 0.717) is 22.8 Å². The lowest BCUT2D eigenvalue weighted by Crippen LogP contribution is -2.24. The van der Waals surface area contributed by atoms with Crippen LogP contribution in [-0.4, -0.2) is 21.2 Å². The first-order chi connectivity index (χ1) is 15.0. The fourth-order valence-electron chi connectivity index (χ4n) is 3.55. The zero-order valence-electron chi connectivity index (χ0n) is 17.9. The second-order valence-electron chi connectivity index (χ2n) is 7.64. The lowest BCUT2D eigenvalue weighted by molar-refractivity contribution is -0.113. The molecule has 0 spiro atoms. The number of benzene rings is 2. The van der Waals surface area contributed by atoms with Gasteiger partial charge in [-0.1, -0.05) is 54.9 Å². The number of fused-ring (bicyclic) bond motifs is 3. The minimum atomic E-state index is -0.202. The van der Waals surface area contributed by atoms with Crippen LogP contribution in [0.1, 0.15) is 30.9 Å². The number of rotatable bonds is 7. The Morgan fingerprint density at radius 3 is 2.77 bits per heavy atom. The number of para-hydroxylation sites is 1. The quantitative estimate of drug-likeness (QED) is 0.315. The molecule has 7 heteroatoms. The molecule has 31 heavy (non-hydrogen) atoms. The van der Waals surface area contributed by atoms with E-state index in [1.165, 1.54) is 11.8 Å². The molecule has 0 atom stereocenters. The average Bonchev–Trinajstić information content (AvgIpc) is 3.13. The Morgan fingerprint density at radius 1 is 1.19 bits per heavy atom. The van der Waals surface area contributed by atoms with Crippen LogP contribution >= 0.6 is 11.8 Å². The van der Waals surface area contributed by atoms with E-state index in [1.54, 1.807) is 4.57 Å². The molecule has 4 rings (SSSR count). The number of anilines is 1. The van der Waals surface area contributed by atoms with Gasteiger partial charge in [0.25, 0.3) is 5.56 Å². The van der Waals surface area contributed by atoms with Crippen molar-refractivity contribution in [3.05, 3.63) is 63.9 Å². The number of nitrogens with zero attached hydrogens (tertiary/aromatic N) is 2. The Bertz CT molecular complexity index is 1320. The van der Waals surface area contributed by atoms with E-state index in [4.69, 9.17) is 9.40 Å². The van der Waals surface area contributed by atoms with Crippen LogP contribution < -0.4 is 10.9 Å². The lowest BCUT2D eigenvalue weighted by atomic mass is 10.1. The van der Waals surface area contributed by atoms with Crippen LogP contribution in [0.15, 0.2) is 56.8 Å². The number of furan rings is 1. The van der Waals surface area contributed by atoms with Crippen LogP contribution in [0.3, 0.4) is 0 Å². The molecule has 1 amide bonds. The molecule has 1 N–H and O–H groups in total. The van der Waals surface area contributed by atoms with Crippen LogP contribution in [0.25, 0.3) is 22.1 Å². The summed E-state index contributed by atoms with van der Waals surface area (Å²) >= 11 is 1.27. The molecule has 0 aliphatic carbocycles. The van der Waals surface area contributed by atoms with Gasteiger partial charge in [0.15, 0.2) is 5.16 Å². The number of unbranched alkanes of at least 4 members (excludes halogenated alkanes) is 1. The summed E-state index contributed by atoms with van der Waals surface area (Å²) in [5.74, 6) is 0.0260. The Morgan fingerprint density at radius 2 is 2.00 bits per heavy atom. The molecule has 0 bridgehead atoms. The molecule has 4 aromatic rings. The molecular formula is C24H25N3O3S. The maximum Gasteiger partial charge on any atom is 0.297 e. The summed E-state index contributed by atoms with van der Waals surface area (Å²) in [5, 5.41) is 4.29. The van der Waals surface area contributed by atoms with Gasteiger partial charge >= 0.3 is 0 Å². The predicted molar refractivity (Wildman–Crippen MR) is 126 cm³/mol. The van der Waals surface area contributed by atoms with Crippen molar-refractivity contribution >= 4 is 45.4 Å². The molecule has 0 radical (unpaired) electrons. The van der Waals surface area contributed by atoms with Gasteiger partial charge in [0.05, 0.1) is 5.75 Å². The first-order valence-electron chi connectivity index (χ1n) is 10.4. The topological polar surface area (TPSA) is 77.1 Å². The number of carbonyl (C=O) groups is 1. The summed E-state index contributed by atoms with van der Waals surface area (Å²) in [5.41, 5.74) is 4.21. The predicted octanol–water partition coefficient (Wildman–Crippen LogP) is 5.29. The van der Waals surface area contributed by atoms with Crippen molar-refractivity contribution < 1.29 is 9.21 Å². The average molecular weight is 436 g/mol. The second kappa shape index (κ2) is 8.98. The van der Waals surface area contributed by atoms with Crippen molar-refractivity contribution in [2.24, 2.45) is 0 Å². The summed E-state index contributed by atoms with van der Waals surface area (Å²) in [6.07, 6.45) is 1.79. The molecule has 160 valence electrons. The number of carbonyl (C=O) groups excluding carboxylic acids is 1. The van der Waals surface area contributed by atoms with E-state index in [-0.39, 0.29) is 22.8 Å². The van der Waals surface area contributed by atoms with Gasteiger partial charge in [-0.15, -0.1) is 0 Å². The molecule has 0 saturated carbocycles. The monoisotopic (exact) mass is 435 g/mol. The maximum absolute atomic E-state index is 13.2. The zero-order valence-corrected chi connectivity index (χ0v) is 18.7. The number of hydrogen-bond acceptors (Lipinski definition) is 5. The van der Waals surface area contributed by atoms with Crippen molar-refractivity contribution in [1.82, 2.24) is 9.55 Å². The molecule has 0 aliphatic rings. The third kappa shape index (κ3) is 4.37. The standard InChI is InChI=1S/C24H25N3O3S/c1-4-5-12-27-23(29)22-21(17-8-6-7-9-19(17)30-22)26-24(27)31-14-20(28)25-18-11-10-15(2)13-16(18)3/h6-11,13H,4-5,12,14H2,1-3H3,(H,25,28). The van der Waals surface area contributed by atoms with Crippen LogP contribution in [0, 0.1) is 13.8 Å². The smallest absolute Gasteiger partial charge is 0.297 e. The fourth-order valence-corrected chi connectivity index (χ4v) is 4.37. The highest BCUT2D eigenvalue weighted by atomic mass is 32.2. The number of hydrogen-bond donors (Lipinski definition) is 1.